The quantitative estimate of drug-likeness (QED) is 0.694. The van der Waals surface area contributed by atoms with Crippen LogP contribution in [0.15, 0.2) is 70.6 Å². The topological polar surface area (TPSA) is 95.9 Å². The van der Waals surface area contributed by atoms with E-state index in [2.05, 4.69) is 15.2 Å². The molecule has 24 heavy (non-hydrogen) atoms. The molecular formula is C17H13N3O3S. The van der Waals surface area contributed by atoms with E-state index in [1.807, 2.05) is 12.1 Å². The molecule has 0 bridgehead atoms. The summed E-state index contributed by atoms with van der Waals surface area (Å²) in [5, 5.41) is 16.6. The molecule has 7 heteroatoms. The average molecular weight is 339 g/mol. The Morgan fingerprint density at radius 3 is 2.21 bits per heavy atom. The number of hydrogen-bond acceptors (Lipinski definition) is 5. The van der Waals surface area contributed by atoms with Gasteiger partial charge in [0.2, 0.25) is 0 Å². The van der Waals surface area contributed by atoms with Crippen molar-refractivity contribution >= 4 is 17.7 Å². The van der Waals surface area contributed by atoms with Crippen molar-refractivity contribution in [2.75, 3.05) is 0 Å². The number of carbonyl (C=O) groups is 1. The van der Waals surface area contributed by atoms with Crippen LogP contribution in [-0.4, -0.2) is 26.3 Å². The fraction of sp³-hybridized carbons (Fsp3) is 0.0588. The predicted octanol–water partition coefficient (Wildman–Crippen LogP) is 2.75. The second kappa shape index (κ2) is 7.10. The molecule has 6 nitrogen and oxygen atoms in total. The van der Waals surface area contributed by atoms with Gasteiger partial charge in [-0.1, -0.05) is 72.4 Å². The Hall–Kier alpha value is -2.93. The summed E-state index contributed by atoms with van der Waals surface area (Å²) >= 11 is 0.939. The molecule has 1 atom stereocenters. The van der Waals surface area contributed by atoms with Crippen molar-refractivity contribution < 1.29 is 9.90 Å². The van der Waals surface area contributed by atoms with E-state index in [1.54, 1.807) is 48.5 Å². The molecule has 0 aliphatic heterocycles. The van der Waals surface area contributed by atoms with Gasteiger partial charge in [0, 0.05) is 5.56 Å². The van der Waals surface area contributed by atoms with Gasteiger partial charge in [0.25, 0.3) is 5.56 Å². The van der Waals surface area contributed by atoms with Crippen LogP contribution in [0.4, 0.5) is 0 Å². The van der Waals surface area contributed by atoms with Crippen molar-refractivity contribution in [3.05, 3.63) is 76.6 Å². The summed E-state index contributed by atoms with van der Waals surface area (Å²) in [4.78, 5) is 26.3. The molecule has 2 aromatic carbocycles. The molecular weight excluding hydrogens is 326 g/mol. The predicted molar refractivity (Wildman–Crippen MR) is 90.8 cm³/mol. The van der Waals surface area contributed by atoms with Crippen LogP contribution in [0.1, 0.15) is 10.8 Å². The molecule has 0 aliphatic rings. The molecule has 0 radical (unpaired) electrons. The highest BCUT2D eigenvalue weighted by Crippen LogP contribution is 2.32. The first-order chi connectivity index (χ1) is 11.6. The van der Waals surface area contributed by atoms with E-state index in [9.17, 15) is 14.7 Å². The smallest absolute Gasteiger partial charge is 0.321 e. The lowest BCUT2D eigenvalue weighted by Crippen LogP contribution is -2.16. The van der Waals surface area contributed by atoms with Crippen LogP contribution in [0.3, 0.4) is 0 Å². The van der Waals surface area contributed by atoms with Crippen LogP contribution in [0.25, 0.3) is 11.3 Å². The molecule has 1 unspecified atom stereocenters. The highest BCUT2D eigenvalue weighted by molar-refractivity contribution is 8.00. The van der Waals surface area contributed by atoms with E-state index in [0.29, 0.717) is 11.1 Å². The first-order valence-electron chi connectivity index (χ1n) is 7.12. The van der Waals surface area contributed by atoms with Crippen molar-refractivity contribution in [2.45, 2.75) is 10.4 Å². The van der Waals surface area contributed by atoms with Crippen molar-refractivity contribution in [3.63, 3.8) is 0 Å². The highest BCUT2D eigenvalue weighted by Gasteiger charge is 2.22. The number of aromatic nitrogens is 3. The van der Waals surface area contributed by atoms with Gasteiger partial charge in [-0.3, -0.25) is 14.6 Å². The fourth-order valence-corrected chi connectivity index (χ4v) is 3.02. The standard InChI is InChI=1S/C17H13N3O3S/c21-15-13(11-7-3-1-4-8-11)19-20-17(18-15)24-14(16(22)23)12-9-5-2-6-10-12/h1-10,14H,(H,22,23)(H,18,20,21). The van der Waals surface area contributed by atoms with E-state index in [-0.39, 0.29) is 10.9 Å². The molecule has 0 fully saturated rings. The first-order valence-corrected chi connectivity index (χ1v) is 8.00. The Morgan fingerprint density at radius 2 is 1.62 bits per heavy atom. The molecule has 1 aromatic heterocycles. The van der Waals surface area contributed by atoms with E-state index in [4.69, 9.17) is 0 Å². The lowest BCUT2D eigenvalue weighted by atomic mass is 10.1. The van der Waals surface area contributed by atoms with Crippen LogP contribution in [0.5, 0.6) is 0 Å². The normalized spacial score (nSPS) is 11.8. The van der Waals surface area contributed by atoms with E-state index in [1.165, 1.54) is 0 Å². The molecule has 0 spiro atoms. The number of aromatic amines is 1. The summed E-state index contributed by atoms with van der Waals surface area (Å²) in [7, 11) is 0. The maximum Gasteiger partial charge on any atom is 0.321 e. The van der Waals surface area contributed by atoms with E-state index < -0.39 is 16.8 Å². The van der Waals surface area contributed by atoms with Gasteiger partial charge in [-0.2, -0.15) is 0 Å². The summed E-state index contributed by atoms with van der Waals surface area (Å²) in [6, 6.07) is 17.7. The molecule has 3 rings (SSSR count). The highest BCUT2D eigenvalue weighted by atomic mass is 32.2. The number of carboxylic acid groups (broad SMARTS) is 1. The third kappa shape index (κ3) is 3.52. The van der Waals surface area contributed by atoms with Crippen LogP contribution in [-0.2, 0) is 4.79 Å². The lowest BCUT2D eigenvalue weighted by molar-refractivity contribution is -0.136. The molecule has 3 aromatic rings. The molecule has 0 saturated heterocycles. The number of carboxylic acids is 1. The summed E-state index contributed by atoms with van der Waals surface area (Å²) in [5.41, 5.74) is 1.06. The summed E-state index contributed by atoms with van der Waals surface area (Å²) in [5.74, 6) is -1.01. The summed E-state index contributed by atoms with van der Waals surface area (Å²) < 4.78 is 0. The second-order valence-electron chi connectivity index (χ2n) is 4.92. The number of benzene rings is 2. The van der Waals surface area contributed by atoms with Gasteiger partial charge in [-0.15, -0.1) is 10.2 Å². The maximum absolute atomic E-state index is 12.2. The van der Waals surface area contributed by atoms with Crippen LogP contribution in [0, 0.1) is 0 Å². The lowest BCUT2D eigenvalue weighted by Gasteiger charge is -2.11. The Morgan fingerprint density at radius 1 is 1.00 bits per heavy atom. The van der Waals surface area contributed by atoms with Gasteiger partial charge in [0.15, 0.2) is 10.9 Å². The number of hydrogen-bond donors (Lipinski definition) is 2. The van der Waals surface area contributed by atoms with Gasteiger partial charge >= 0.3 is 5.97 Å². The fourth-order valence-electron chi connectivity index (χ4n) is 2.16. The average Bonchev–Trinajstić information content (AvgIpc) is 2.61. The minimum absolute atomic E-state index is 0.163. The van der Waals surface area contributed by atoms with Gasteiger partial charge < -0.3 is 5.11 Å². The SMILES string of the molecule is O=C(O)C(Sc1nnc(-c2ccccc2)c(=O)[nH]1)c1ccccc1. The molecule has 2 N–H and O–H groups in total. The second-order valence-corrected chi connectivity index (χ2v) is 6.01. The zero-order chi connectivity index (χ0) is 16.9. The van der Waals surface area contributed by atoms with Crippen LogP contribution < -0.4 is 5.56 Å². The largest absolute Gasteiger partial charge is 0.480 e. The Balaban J connectivity index is 1.89. The van der Waals surface area contributed by atoms with Gasteiger partial charge in [0.1, 0.15) is 5.25 Å². The van der Waals surface area contributed by atoms with Gasteiger partial charge in [0.05, 0.1) is 0 Å². The Kier molecular flexibility index (Phi) is 4.72. The Bertz CT molecular complexity index is 898. The molecule has 1 heterocycles. The maximum atomic E-state index is 12.2. The van der Waals surface area contributed by atoms with Crippen molar-refractivity contribution in [1.82, 2.24) is 15.2 Å². The van der Waals surface area contributed by atoms with Crippen LogP contribution in [0.2, 0.25) is 0 Å². The third-order valence-electron chi connectivity index (χ3n) is 3.28. The van der Waals surface area contributed by atoms with Crippen molar-refractivity contribution in [2.24, 2.45) is 0 Å². The number of rotatable bonds is 5. The van der Waals surface area contributed by atoms with Gasteiger partial charge in [-0.25, -0.2) is 0 Å². The molecule has 0 amide bonds. The van der Waals surface area contributed by atoms with E-state index >= 15 is 0 Å². The number of H-pyrrole nitrogens is 1. The monoisotopic (exact) mass is 339 g/mol. The molecule has 0 saturated carbocycles. The first kappa shape index (κ1) is 15.9. The molecule has 0 aliphatic carbocycles. The van der Waals surface area contributed by atoms with Crippen LogP contribution >= 0.6 is 11.8 Å². The van der Waals surface area contributed by atoms with Crippen molar-refractivity contribution in [1.29, 1.82) is 0 Å². The Labute approximate surface area is 141 Å². The minimum atomic E-state index is -1.01. The summed E-state index contributed by atoms with van der Waals surface area (Å²) in [6.45, 7) is 0. The number of nitrogens with one attached hydrogen (secondary N) is 1. The van der Waals surface area contributed by atoms with Crippen molar-refractivity contribution in [3.8, 4) is 11.3 Å². The zero-order valence-corrected chi connectivity index (χ0v) is 13.2. The molecule has 120 valence electrons. The number of nitrogens with zero attached hydrogens (tertiary/aromatic N) is 2. The zero-order valence-electron chi connectivity index (χ0n) is 12.4. The minimum Gasteiger partial charge on any atom is -0.480 e. The van der Waals surface area contributed by atoms with E-state index in [0.717, 1.165) is 11.8 Å². The number of thioether (sulfide) groups is 1. The third-order valence-corrected chi connectivity index (χ3v) is 4.40. The number of aliphatic carboxylic acids is 1. The van der Waals surface area contributed by atoms with Gasteiger partial charge in [-0.05, 0) is 5.56 Å². The summed E-state index contributed by atoms with van der Waals surface area (Å²) in [6.07, 6.45) is 0.